The SMILES string of the molecule is C[C@@H]1CN(c2nc(Cl)nc(N3C[C@@H](C)O[C@@H](C)C3)n2)C[C@H](C)O1. The largest absolute Gasteiger partial charge is 0.372 e. The van der Waals surface area contributed by atoms with Crippen molar-refractivity contribution in [2.24, 2.45) is 0 Å². The van der Waals surface area contributed by atoms with Gasteiger partial charge in [-0.05, 0) is 39.3 Å². The third-order valence-corrected chi connectivity index (χ3v) is 4.16. The van der Waals surface area contributed by atoms with Crippen molar-refractivity contribution in [3.8, 4) is 0 Å². The van der Waals surface area contributed by atoms with Crippen LogP contribution in [-0.2, 0) is 9.47 Å². The van der Waals surface area contributed by atoms with E-state index in [1.165, 1.54) is 0 Å². The minimum absolute atomic E-state index is 0.140. The quantitative estimate of drug-likeness (QED) is 0.812. The molecular weight excluding hydrogens is 318 g/mol. The Hall–Kier alpha value is -1.18. The summed E-state index contributed by atoms with van der Waals surface area (Å²) in [6.45, 7) is 11.2. The molecule has 1 aromatic heterocycles. The molecule has 0 radical (unpaired) electrons. The lowest BCUT2D eigenvalue weighted by molar-refractivity contribution is -0.00619. The zero-order valence-corrected chi connectivity index (χ0v) is 14.8. The van der Waals surface area contributed by atoms with Gasteiger partial charge in [0.2, 0.25) is 17.2 Å². The molecule has 0 amide bonds. The molecule has 128 valence electrons. The maximum absolute atomic E-state index is 6.16. The van der Waals surface area contributed by atoms with Crippen LogP contribution in [0.2, 0.25) is 5.28 Å². The average Bonchev–Trinajstić information content (AvgIpc) is 2.44. The smallest absolute Gasteiger partial charge is 0.231 e. The predicted octanol–water partition coefficient (Wildman–Crippen LogP) is 1.75. The fourth-order valence-electron chi connectivity index (χ4n) is 3.29. The Labute approximate surface area is 142 Å². The number of morpholine rings is 2. The first-order valence-corrected chi connectivity index (χ1v) is 8.51. The lowest BCUT2D eigenvalue weighted by Crippen LogP contribution is -2.48. The second kappa shape index (κ2) is 6.75. The molecule has 3 heterocycles. The van der Waals surface area contributed by atoms with Gasteiger partial charge in [0, 0.05) is 26.2 Å². The van der Waals surface area contributed by atoms with E-state index in [2.05, 4.69) is 52.4 Å². The van der Waals surface area contributed by atoms with Crippen LogP contribution in [0.15, 0.2) is 0 Å². The van der Waals surface area contributed by atoms with Crippen LogP contribution in [0, 0.1) is 0 Å². The Bertz CT molecular complexity index is 496. The highest BCUT2D eigenvalue weighted by atomic mass is 35.5. The van der Waals surface area contributed by atoms with Crippen LogP contribution in [0.5, 0.6) is 0 Å². The van der Waals surface area contributed by atoms with Gasteiger partial charge in [-0.15, -0.1) is 0 Å². The molecule has 0 N–H and O–H groups in total. The van der Waals surface area contributed by atoms with Crippen molar-refractivity contribution in [2.75, 3.05) is 36.0 Å². The topological polar surface area (TPSA) is 63.6 Å². The minimum Gasteiger partial charge on any atom is -0.372 e. The van der Waals surface area contributed by atoms with Crippen molar-refractivity contribution < 1.29 is 9.47 Å². The van der Waals surface area contributed by atoms with Crippen molar-refractivity contribution in [3.63, 3.8) is 0 Å². The maximum atomic E-state index is 6.16. The molecule has 4 atom stereocenters. The van der Waals surface area contributed by atoms with Crippen molar-refractivity contribution in [1.29, 1.82) is 0 Å². The molecule has 2 saturated heterocycles. The standard InChI is InChI=1S/C15H24ClN5O2/c1-9-5-20(6-10(2)22-9)14-17-13(16)18-15(19-14)21-7-11(3)23-12(4)8-21/h9-12H,5-8H2,1-4H3/t9-,10+,11-,12+. The molecule has 0 aromatic carbocycles. The summed E-state index contributed by atoms with van der Waals surface area (Å²) >= 11 is 6.16. The van der Waals surface area contributed by atoms with Gasteiger partial charge in [-0.2, -0.15) is 15.0 Å². The van der Waals surface area contributed by atoms with E-state index in [9.17, 15) is 0 Å². The molecule has 23 heavy (non-hydrogen) atoms. The third kappa shape index (κ3) is 4.02. The molecule has 0 aliphatic carbocycles. The van der Waals surface area contributed by atoms with Crippen molar-refractivity contribution in [2.45, 2.75) is 52.1 Å². The highest BCUT2D eigenvalue weighted by Crippen LogP contribution is 2.23. The summed E-state index contributed by atoms with van der Waals surface area (Å²) in [4.78, 5) is 17.5. The van der Waals surface area contributed by atoms with Crippen LogP contribution >= 0.6 is 11.6 Å². The average molecular weight is 342 g/mol. The Morgan fingerprint density at radius 2 is 1.09 bits per heavy atom. The van der Waals surface area contributed by atoms with Crippen LogP contribution in [0.25, 0.3) is 0 Å². The van der Waals surface area contributed by atoms with E-state index < -0.39 is 0 Å². The van der Waals surface area contributed by atoms with Gasteiger partial charge in [-0.1, -0.05) is 0 Å². The van der Waals surface area contributed by atoms with Gasteiger partial charge in [0.1, 0.15) is 0 Å². The van der Waals surface area contributed by atoms with Crippen LogP contribution in [0.4, 0.5) is 11.9 Å². The molecule has 2 fully saturated rings. The molecule has 2 aliphatic heterocycles. The molecule has 2 aliphatic rings. The van der Waals surface area contributed by atoms with Crippen LogP contribution in [-0.4, -0.2) is 65.5 Å². The predicted molar refractivity (Wildman–Crippen MR) is 89.3 cm³/mol. The van der Waals surface area contributed by atoms with Gasteiger partial charge < -0.3 is 19.3 Å². The van der Waals surface area contributed by atoms with E-state index in [4.69, 9.17) is 21.1 Å². The highest BCUT2D eigenvalue weighted by Gasteiger charge is 2.28. The van der Waals surface area contributed by atoms with E-state index in [0.717, 1.165) is 26.2 Å². The zero-order valence-electron chi connectivity index (χ0n) is 14.1. The number of hydrogen-bond acceptors (Lipinski definition) is 7. The molecule has 8 heteroatoms. The monoisotopic (exact) mass is 341 g/mol. The number of ether oxygens (including phenoxy) is 2. The highest BCUT2D eigenvalue weighted by molar-refractivity contribution is 6.28. The van der Waals surface area contributed by atoms with Gasteiger partial charge in [-0.3, -0.25) is 0 Å². The lowest BCUT2D eigenvalue weighted by Gasteiger charge is -2.37. The zero-order chi connectivity index (χ0) is 16.6. The number of aromatic nitrogens is 3. The molecular formula is C15H24ClN5O2. The Balaban J connectivity index is 1.84. The van der Waals surface area contributed by atoms with Gasteiger partial charge in [0.25, 0.3) is 0 Å². The molecule has 0 bridgehead atoms. The number of anilines is 2. The van der Waals surface area contributed by atoms with Crippen molar-refractivity contribution in [1.82, 2.24) is 15.0 Å². The van der Waals surface area contributed by atoms with E-state index in [0.29, 0.717) is 11.9 Å². The summed E-state index contributed by atoms with van der Waals surface area (Å²) in [5.74, 6) is 1.24. The Morgan fingerprint density at radius 1 is 0.739 bits per heavy atom. The lowest BCUT2D eigenvalue weighted by atomic mass is 10.2. The number of nitrogens with zero attached hydrogens (tertiary/aromatic N) is 5. The molecule has 0 saturated carbocycles. The first-order chi connectivity index (χ1) is 10.9. The van der Waals surface area contributed by atoms with Crippen molar-refractivity contribution >= 4 is 23.5 Å². The van der Waals surface area contributed by atoms with Gasteiger partial charge in [-0.25, -0.2) is 0 Å². The Kier molecular flexibility index (Phi) is 4.89. The summed E-state index contributed by atoms with van der Waals surface area (Å²) in [6, 6.07) is 0. The first kappa shape index (κ1) is 16.7. The normalized spacial score (nSPS) is 32.2. The maximum Gasteiger partial charge on any atom is 0.231 e. The molecule has 0 unspecified atom stereocenters. The second-order valence-electron chi connectivity index (χ2n) is 6.53. The van der Waals surface area contributed by atoms with E-state index >= 15 is 0 Å². The Morgan fingerprint density at radius 3 is 1.43 bits per heavy atom. The van der Waals surface area contributed by atoms with Crippen LogP contribution in [0.3, 0.4) is 0 Å². The summed E-state index contributed by atoms with van der Waals surface area (Å²) in [7, 11) is 0. The molecule has 0 spiro atoms. The number of rotatable bonds is 2. The summed E-state index contributed by atoms with van der Waals surface area (Å²) in [5.41, 5.74) is 0. The fraction of sp³-hybridized carbons (Fsp3) is 0.800. The summed E-state index contributed by atoms with van der Waals surface area (Å²) in [5, 5.41) is 0.226. The summed E-state index contributed by atoms with van der Waals surface area (Å²) in [6.07, 6.45) is 0.560. The van der Waals surface area contributed by atoms with Gasteiger partial charge in [0.05, 0.1) is 24.4 Å². The van der Waals surface area contributed by atoms with E-state index in [-0.39, 0.29) is 29.7 Å². The molecule has 1 aromatic rings. The third-order valence-electron chi connectivity index (χ3n) is 3.99. The summed E-state index contributed by atoms with van der Waals surface area (Å²) < 4.78 is 11.5. The van der Waals surface area contributed by atoms with Crippen molar-refractivity contribution in [3.05, 3.63) is 5.28 Å². The minimum atomic E-state index is 0.140. The fourth-order valence-corrected chi connectivity index (χ4v) is 3.45. The van der Waals surface area contributed by atoms with Gasteiger partial charge in [0.15, 0.2) is 0 Å². The van der Waals surface area contributed by atoms with Crippen LogP contribution < -0.4 is 9.80 Å². The van der Waals surface area contributed by atoms with Gasteiger partial charge >= 0.3 is 0 Å². The molecule has 3 rings (SSSR count). The first-order valence-electron chi connectivity index (χ1n) is 8.13. The van der Waals surface area contributed by atoms with E-state index in [1.54, 1.807) is 0 Å². The van der Waals surface area contributed by atoms with E-state index in [1.807, 2.05) is 0 Å². The molecule has 7 nitrogen and oxygen atoms in total. The second-order valence-corrected chi connectivity index (χ2v) is 6.87. The number of hydrogen-bond donors (Lipinski definition) is 0. The number of halogens is 1. The van der Waals surface area contributed by atoms with Crippen LogP contribution in [0.1, 0.15) is 27.7 Å².